The third-order valence-electron chi connectivity index (χ3n) is 1.60. The summed E-state index contributed by atoms with van der Waals surface area (Å²) in [6, 6.07) is 0. The van der Waals surface area contributed by atoms with E-state index in [0.717, 1.165) is 0 Å². The molecule has 0 atom stereocenters. The Bertz CT molecular complexity index is 220. The van der Waals surface area contributed by atoms with Crippen molar-refractivity contribution in [3.05, 3.63) is 0 Å². The molecule has 2 nitrogen and oxygen atoms in total. The standard InChI is InChI=1S/C11H20O2S2/c1-10(2,3)8(14)12-7-13-9(15)11(4,5)6/h7H2,1-6H3. The van der Waals surface area contributed by atoms with Crippen LogP contribution in [0.3, 0.4) is 0 Å². The molecule has 0 radical (unpaired) electrons. The zero-order valence-electron chi connectivity index (χ0n) is 10.3. The molecule has 0 fully saturated rings. The molecule has 0 aliphatic rings. The first-order valence-corrected chi connectivity index (χ1v) is 5.71. The third-order valence-corrected chi connectivity index (χ3v) is 3.07. The molecular weight excluding hydrogens is 228 g/mol. The third kappa shape index (κ3) is 6.05. The molecule has 15 heavy (non-hydrogen) atoms. The fourth-order valence-electron chi connectivity index (χ4n) is 0.570. The Morgan fingerprint density at radius 3 is 1.27 bits per heavy atom. The van der Waals surface area contributed by atoms with Crippen LogP contribution in [0.25, 0.3) is 0 Å². The molecule has 88 valence electrons. The van der Waals surface area contributed by atoms with Gasteiger partial charge in [-0.25, -0.2) is 0 Å². The molecule has 0 saturated heterocycles. The van der Waals surface area contributed by atoms with Gasteiger partial charge in [0.05, 0.1) is 0 Å². The van der Waals surface area contributed by atoms with Crippen molar-refractivity contribution in [2.75, 3.05) is 6.79 Å². The Morgan fingerprint density at radius 1 is 0.800 bits per heavy atom. The van der Waals surface area contributed by atoms with Crippen molar-refractivity contribution in [2.24, 2.45) is 10.8 Å². The van der Waals surface area contributed by atoms with Gasteiger partial charge in [0.2, 0.25) is 6.79 Å². The molecule has 4 heteroatoms. The maximum absolute atomic E-state index is 5.29. The van der Waals surface area contributed by atoms with E-state index in [0.29, 0.717) is 10.1 Å². The largest absolute Gasteiger partial charge is 0.450 e. The zero-order chi connectivity index (χ0) is 12.3. The minimum absolute atomic E-state index is 0.103. The van der Waals surface area contributed by atoms with Crippen LogP contribution in [0.4, 0.5) is 0 Å². The van der Waals surface area contributed by atoms with E-state index in [4.69, 9.17) is 33.9 Å². The molecule has 0 saturated carbocycles. The lowest BCUT2D eigenvalue weighted by molar-refractivity contribution is 0.0839. The van der Waals surface area contributed by atoms with Crippen molar-refractivity contribution in [1.82, 2.24) is 0 Å². The van der Waals surface area contributed by atoms with Crippen LogP contribution in [-0.2, 0) is 9.47 Å². The van der Waals surface area contributed by atoms with Crippen molar-refractivity contribution in [3.8, 4) is 0 Å². The monoisotopic (exact) mass is 248 g/mol. The molecule has 0 aliphatic heterocycles. The minimum atomic E-state index is -0.137. The molecule has 0 unspecified atom stereocenters. The highest BCUT2D eigenvalue weighted by Crippen LogP contribution is 2.19. The lowest BCUT2D eigenvalue weighted by Crippen LogP contribution is -2.26. The van der Waals surface area contributed by atoms with Gasteiger partial charge >= 0.3 is 0 Å². The van der Waals surface area contributed by atoms with Gasteiger partial charge < -0.3 is 9.47 Å². The number of thiocarbonyl (C=S) groups is 2. The molecule has 0 aliphatic carbocycles. The number of hydrogen-bond acceptors (Lipinski definition) is 4. The summed E-state index contributed by atoms with van der Waals surface area (Å²) in [5.74, 6) is 0. The lowest BCUT2D eigenvalue weighted by atomic mass is 9.98. The SMILES string of the molecule is CC(C)(C)C(=S)OCOC(=S)C(C)(C)C. The van der Waals surface area contributed by atoms with Gasteiger partial charge in [-0.3, -0.25) is 0 Å². The van der Waals surface area contributed by atoms with Crippen LogP contribution in [0.5, 0.6) is 0 Å². The summed E-state index contributed by atoms with van der Waals surface area (Å²) in [4.78, 5) is 0. The molecule has 0 spiro atoms. The maximum atomic E-state index is 5.29. The van der Waals surface area contributed by atoms with Crippen LogP contribution in [-0.4, -0.2) is 16.9 Å². The summed E-state index contributed by atoms with van der Waals surface area (Å²) in [6.45, 7) is 12.1. The highest BCUT2D eigenvalue weighted by Gasteiger charge is 2.21. The van der Waals surface area contributed by atoms with Crippen molar-refractivity contribution < 1.29 is 9.47 Å². The van der Waals surface area contributed by atoms with E-state index in [1.807, 2.05) is 41.5 Å². The van der Waals surface area contributed by atoms with E-state index in [1.54, 1.807) is 0 Å². The van der Waals surface area contributed by atoms with Crippen LogP contribution in [0.15, 0.2) is 0 Å². The second kappa shape index (κ2) is 5.21. The van der Waals surface area contributed by atoms with Crippen molar-refractivity contribution in [3.63, 3.8) is 0 Å². The smallest absolute Gasteiger partial charge is 0.232 e. The highest BCUT2D eigenvalue weighted by molar-refractivity contribution is 7.80. The normalized spacial score (nSPS) is 12.1. The summed E-state index contributed by atoms with van der Waals surface area (Å²) in [5, 5.41) is 1.08. The van der Waals surface area contributed by atoms with Crippen LogP contribution >= 0.6 is 24.4 Å². The summed E-state index contributed by atoms with van der Waals surface area (Å²) in [6.07, 6.45) is 0. The van der Waals surface area contributed by atoms with E-state index in [2.05, 4.69) is 0 Å². The van der Waals surface area contributed by atoms with Crippen molar-refractivity contribution >= 4 is 34.5 Å². The Morgan fingerprint density at radius 2 is 1.07 bits per heavy atom. The average Bonchev–Trinajstić information content (AvgIpc) is 2.00. The van der Waals surface area contributed by atoms with Gasteiger partial charge in [-0.1, -0.05) is 41.5 Å². The predicted molar refractivity (Wildman–Crippen MR) is 71.1 cm³/mol. The molecule has 0 aromatic rings. The summed E-state index contributed by atoms with van der Waals surface area (Å²) < 4.78 is 10.6. The fraction of sp³-hybridized carbons (Fsp3) is 0.818. The molecule has 0 N–H and O–H groups in total. The van der Waals surface area contributed by atoms with Gasteiger partial charge in [-0.15, -0.1) is 0 Å². The first kappa shape index (κ1) is 14.8. The Kier molecular flexibility index (Phi) is 5.14. The summed E-state index contributed by atoms with van der Waals surface area (Å²) in [7, 11) is 0. The first-order valence-electron chi connectivity index (χ1n) is 4.89. The molecular formula is C11H20O2S2. The molecule has 0 aromatic heterocycles. The molecule has 0 rings (SSSR count). The van der Waals surface area contributed by atoms with Crippen molar-refractivity contribution in [1.29, 1.82) is 0 Å². The van der Waals surface area contributed by atoms with E-state index in [-0.39, 0.29) is 17.6 Å². The first-order chi connectivity index (χ1) is 6.55. The minimum Gasteiger partial charge on any atom is -0.450 e. The number of hydrogen-bond donors (Lipinski definition) is 0. The van der Waals surface area contributed by atoms with E-state index < -0.39 is 0 Å². The van der Waals surface area contributed by atoms with E-state index >= 15 is 0 Å². The van der Waals surface area contributed by atoms with E-state index in [9.17, 15) is 0 Å². The Balaban J connectivity index is 3.92. The Hall–Kier alpha value is -0.220. The maximum Gasteiger partial charge on any atom is 0.232 e. The fourth-order valence-corrected chi connectivity index (χ4v) is 0.666. The van der Waals surface area contributed by atoms with Gasteiger partial charge in [-0.05, 0) is 24.4 Å². The number of rotatable bonds is 2. The van der Waals surface area contributed by atoms with Crippen LogP contribution in [0.1, 0.15) is 41.5 Å². The van der Waals surface area contributed by atoms with Crippen LogP contribution < -0.4 is 0 Å². The average molecular weight is 248 g/mol. The van der Waals surface area contributed by atoms with Gasteiger partial charge in [0.1, 0.15) is 0 Å². The summed E-state index contributed by atoms with van der Waals surface area (Å²) >= 11 is 10.2. The quantitative estimate of drug-likeness (QED) is 0.547. The van der Waals surface area contributed by atoms with Crippen molar-refractivity contribution in [2.45, 2.75) is 41.5 Å². The topological polar surface area (TPSA) is 18.5 Å². The van der Waals surface area contributed by atoms with Crippen LogP contribution in [0.2, 0.25) is 0 Å². The highest BCUT2D eigenvalue weighted by atomic mass is 32.1. The lowest BCUT2D eigenvalue weighted by Gasteiger charge is -2.23. The molecule has 0 heterocycles. The zero-order valence-corrected chi connectivity index (χ0v) is 12.0. The second-order valence-corrected chi connectivity index (χ2v) is 6.22. The van der Waals surface area contributed by atoms with E-state index in [1.165, 1.54) is 0 Å². The van der Waals surface area contributed by atoms with Gasteiger partial charge in [0.25, 0.3) is 0 Å². The second-order valence-electron chi connectivity index (χ2n) is 5.48. The van der Waals surface area contributed by atoms with Gasteiger partial charge in [0.15, 0.2) is 10.1 Å². The molecule has 0 aromatic carbocycles. The summed E-state index contributed by atoms with van der Waals surface area (Å²) in [5.41, 5.74) is -0.274. The molecule has 0 amide bonds. The molecule has 0 bridgehead atoms. The predicted octanol–water partition coefficient (Wildman–Crippen LogP) is 3.72. The van der Waals surface area contributed by atoms with Gasteiger partial charge in [0, 0.05) is 10.8 Å². The number of ether oxygens (including phenoxy) is 2. The van der Waals surface area contributed by atoms with Gasteiger partial charge in [-0.2, -0.15) is 0 Å². The Labute approximate surface area is 103 Å². The van der Waals surface area contributed by atoms with Crippen LogP contribution in [0, 0.1) is 10.8 Å².